The molecule has 0 atom stereocenters. The predicted octanol–water partition coefficient (Wildman–Crippen LogP) is 4.66. The van der Waals surface area contributed by atoms with Gasteiger partial charge in [0.1, 0.15) is 11.2 Å². The van der Waals surface area contributed by atoms with Crippen molar-refractivity contribution in [2.45, 2.75) is 52.7 Å². The topological polar surface area (TPSA) is 128 Å². The number of hydrogen-bond acceptors (Lipinski definition) is 7. The van der Waals surface area contributed by atoms with Crippen LogP contribution in [-0.4, -0.2) is 38.3 Å². The number of carbonyl (C=O) groups is 2. The zero-order chi connectivity index (χ0) is 22.0. The van der Waals surface area contributed by atoms with E-state index in [1.165, 1.54) is 24.4 Å². The quantitative estimate of drug-likeness (QED) is 0.582. The number of nitro groups is 1. The Hall–Kier alpha value is -3.43. The summed E-state index contributed by atoms with van der Waals surface area (Å²) in [6.07, 6.45) is -0.575. The number of imidazole rings is 1. The number of imide groups is 1. The van der Waals surface area contributed by atoms with Crippen molar-refractivity contribution in [1.82, 2.24) is 9.97 Å². The number of anilines is 1. The van der Waals surface area contributed by atoms with Crippen molar-refractivity contribution in [3.05, 3.63) is 40.6 Å². The lowest BCUT2D eigenvalue weighted by atomic mass is 10.1. The van der Waals surface area contributed by atoms with E-state index in [2.05, 4.69) is 9.97 Å². The van der Waals surface area contributed by atoms with Gasteiger partial charge in [0, 0.05) is 17.7 Å². The van der Waals surface area contributed by atoms with Crippen LogP contribution in [0.3, 0.4) is 0 Å². The van der Waals surface area contributed by atoms with Crippen molar-refractivity contribution < 1.29 is 24.0 Å². The molecule has 0 fully saturated rings. The molecule has 0 unspecified atom stereocenters. The summed E-state index contributed by atoms with van der Waals surface area (Å²) < 4.78 is 10.6. The number of aromatic amines is 1. The molecule has 1 heterocycles. The molecule has 0 aliphatic carbocycles. The average Bonchev–Trinajstić information content (AvgIpc) is 3.01. The minimum absolute atomic E-state index is 0.102. The van der Waals surface area contributed by atoms with Crippen molar-refractivity contribution in [3.8, 4) is 11.3 Å². The number of ether oxygens (including phenoxy) is 2. The average molecular weight is 404 g/mol. The van der Waals surface area contributed by atoms with Crippen LogP contribution < -0.4 is 4.90 Å². The molecular weight excluding hydrogens is 380 g/mol. The van der Waals surface area contributed by atoms with Gasteiger partial charge in [0.05, 0.1) is 16.8 Å². The maximum atomic E-state index is 12.6. The molecule has 0 saturated carbocycles. The van der Waals surface area contributed by atoms with Gasteiger partial charge in [0.15, 0.2) is 0 Å². The Morgan fingerprint density at radius 2 is 1.62 bits per heavy atom. The van der Waals surface area contributed by atoms with E-state index in [-0.39, 0.29) is 11.6 Å². The maximum Gasteiger partial charge on any atom is 0.427 e. The molecule has 2 rings (SSSR count). The standard InChI is InChI=1S/C19H24N4O6/c1-18(2,3)28-16(24)22(17(25)29-19(4,5)6)15-20-11-14(21-15)12-8-7-9-13(10-12)23(26)27/h7-11H,1-6H3,(H,20,21). The third-order valence-corrected chi connectivity index (χ3v) is 3.29. The zero-order valence-electron chi connectivity index (χ0n) is 17.2. The fourth-order valence-corrected chi connectivity index (χ4v) is 2.22. The number of nitrogens with one attached hydrogen (secondary N) is 1. The van der Waals surface area contributed by atoms with Gasteiger partial charge < -0.3 is 14.5 Å². The number of H-pyrrole nitrogens is 1. The van der Waals surface area contributed by atoms with E-state index in [9.17, 15) is 19.7 Å². The highest BCUT2D eigenvalue weighted by Crippen LogP contribution is 2.26. The van der Waals surface area contributed by atoms with Gasteiger partial charge in [0.2, 0.25) is 5.95 Å². The number of nitrogens with zero attached hydrogens (tertiary/aromatic N) is 3. The number of hydrogen-bond donors (Lipinski definition) is 1. The number of aromatic nitrogens is 2. The third kappa shape index (κ3) is 6.03. The van der Waals surface area contributed by atoms with Gasteiger partial charge in [-0.05, 0) is 41.5 Å². The van der Waals surface area contributed by atoms with Gasteiger partial charge in [-0.25, -0.2) is 14.6 Å². The molecule has 2 aromatic rings. The highest BCUT2D eigenvalue weighted by molar-refractivity contribution is 6.08. The molecule has 10 heteroatoms. The Labute approximate surface area is 168 Å². The summed E-state index contributed by atoms with van der Waals surface area (Å²) >= 11 is 0. The Morgan fingerprint density at radius 1 is 1.07 bits per heavy atom. The first-order valence-corrected chi connectivity index (χ1v) is 8.83. The van der Waals surface area contributed by atoms with Crippen LogP contribution in [-0.2, 0) is 9.47 Å². The van der Waals surface area contributed by atoms with Crippen molar-refractivity contribution in [3.63, 3.8) is 0 Å². The second kappa shape index (κ2) is 7.90. The number of carbonyl (C=O) groups excluding carboxylic acids is 2. The molecule has 0 spiro atoms. The second-order valence-electron chi connectivity index (χ2n) is 8.22. The zero-order valence-corrected chi connectivity index (χ0v) is 17.2. The van der Waals surface area contributed by atoms with Crippen LogP contribution in [0, 0.1) is 10.1 Å². The van der Waals surface area contributed by atoms with Crippen LogP contribution in [0.2, 0.25) is 0 Å². The molecule has 0 aliphatic rings. The number of nitro benzene ring substituents is 1. The summed E-state index contributed by atoms with van der Waals surface area (Å²) in [5, 5.41) is 11.0. The monoisotopic (exact) mass is 404 g/mol. The molecule has 1 aromatic carbocycles. The number of benzene rings is 1. The Balaban J connectivity index is 2.41. The van der Waals surface area contributed by atoms with Crippen molar-refractivity contribution >= 4 is 23.8 Å². The van der Waals surface area contributed by atoms with E-state index in [1.54, 1.807) is 47.6 Å². The summed E-state index contributed by atoms with van der Waals surface area (Å²) in [6, 6.07) is 5.86. The van der Waals surface area contributed by atoms with Crippen molar-refractivity contribution in [2.75, 3.05) is 4.90 Å². The lowest BCUT2D eigenvalue weighted by Crippen LogP contribution is -2.44. The van der Waals surface area contributed by atoms with E-state index in [1.807, 2.05) is 0 Å². The molecule has 0 bridgehead atoms. The van der Waals surface area contributed by atoms with Crippen LogP contribution in [0.25, 0.3) is 11.3 Å². The maximum absolute atomic E-state index is 12.6. The van der Waals surface area contributed by atoms with Crippen LogP contribution in [0.1, 0.15) is 41.5 Å². The molecule has 0 aliphatic heterocycles. The van der Waals surface area contributed by atoms with E-state index in [0.29, 0.717) is 16.2 Å². The lowest BCUT2D eigenvalue weighted by Gasteiger charge is -2.27. The molecule has 29 heavy (non-hydrogen) atoms. The Bertz CT molecular complexity index is 895. The fraction of sp³-hybridized carbons (Fsp3) is 0.421. The molecular formula is C19H24N4O6. The molecule has 2 amide bonds. The Kier molecular flexibility index (Phi) is 5.96. The smallest absolute Gasteiger partial charge is 0.427 e. The van der Waals surface area contributed by atoms with Crippen LogP contribution >= 0.6 is 0 Å². The minimum atomic E-state index is -0.966. The molecule has 1 aromatic heterocycles. The predicted molar refractivity (Wildman–Crippen MR) is 106 cm³/mol. The van der Waals surface area contributed by atoms with Crippen molar-refractivity contribution in [1.29, 1.82) is 0 Å². The van der Waals surface area contributed by atoms with E-state index < -0.39 is 28.3 Å². The van der Waals surface area contributed by atoms with E-state index in [0.717, 1.165) is 0 Å². The van der Waals surface area contributed by atoms with E-state index >= 15 is 0 Å². The summed E-state index contributed by atoms with van der Waals surface area (Å²) in [5.41, 5.74) is -0.971. The highest BCUT2D eigenvalue weighted by atomic mass is 16.6. The van der Waals surface area contributed by atoms with Gasteiger partial charge in [-0.2, -0.15) is 0 Å². The summed E-state index contributed by atoms with van der Waals surface area (Å²) in [7, 11) is 0. The first-order chi connectivity index (χ1) is 13.3. The van der Waals surface area contributed by atoms with Crippen LogP contribution in [0.4, 0.5) is 21.2 Å². The third-order valence-electron chi connectivity index (χ3n) is 3.29. The normalized spacial score (nSPS) is 11.7. The van der Waals surface area contributed by atoms with Crippen LogP contribution in [0.5, 0.6) is 0 Å². The first-order valence-electron chi connectivity index (χ1n) is 8.83. The summed E-state index contributed by atoms with van der Waals surface area (Å²) in [5.74, 6) is -0.130. The first kappa shape index (κ1) is 21.9. The van der Waals surface area contributed by atoms with E-state index in [4.69, 9.17) is 9.47 Å². The number of amides is 2. The van der Waals surface area contributed by atoms with Gasteiger partial charge >= 0.3 is 12.2 Å². The number of rotatable bonds is 3. The molecule has 10 nitrogen and oxygen atoms in total. The fourth-order valence-electron chi connectivity index (χ4n) is 2.22. The number of non-ortho nitro benzene ring substituents is 1. The SMILES string of the molecule is CC(C)(C)OC(=O)N(C(=O)OC(C)(C)C)c1ncc(-c2cccc([N+](=O)[O-])c2)[nH]1. The summed E-state index contributed by atoms with van der Waals surface area (Å²) in [4.78, 5) is 43.3. The van der Waals surface area contributed by atoms with Crippen LogP contribution in [0.15, 0.2) is 30.5 Å². The van der Waals surface area contributed by atoms with Gasteiger partial charge in [-0.3, -0.25) is 10.1 Å². The lowest BCUT2D eigenvalue weighted by molar-refractivity contribution is -0.384. The highest BCUT2D eigenvalue weighted by Gasteiger charge is 2.34. The molecule has 1 N–H and O–H groups in total. The van der Waals surface area contributed by atoms with Gasteiger partial charge in [0.25, 0.3) is 5.69 Å². The second-order valence-corrected chi connectivity index (χ2v) is 8.22. The largest absolute Gasteiger partial charge is 0.443 e. The molecule has 156 valence electrons. The molecule has 0 saturated heterocycles. The van der Waals surface area contributed by atoms with Crippen molar-refractivity contribution in [2.24, 2.45) is 0 Å². The Morgan fingerprint density at radius 3 is 2.10 bits per heavy atom. The van der Waals surface area contributed by atoms with Gasteiger partial charge in [-0.15, -0.1) is 4.90 Å². The molecule has 0 radical (unpaired) electrons. The summed E-state index contributed by atoms with van der Waals surface area (Å²) in [6.45, 7) is 9.97. The minimum Gasteiger partial charge on any atom is -0.443 e. The van der Waals surface area contributed by atoms with Gasteiger partial charge in [-0.1, -0.05) is 12.1 Å².